The molecule has 3 aromatic rings. The van der Waals surface area contributed by atoms with E-state index in [2.05, 4.69) is 20.5 Å². The van der Waals surface area contributed by atoms with Gasteiger partial charge >= 0.3 is 6.03 Å². The highest BCUT2D eigenvalue weighted by molar-refractivity contribution is 8.00. The van der Waals surface area contributed by atoms with Gasteiger partial charge in [0, 0.05) is 30.4 Å². The minimum absolute atomic E-state index is 0.225. The number of hydrogen-bond donors (Lipinski definition) is 4. The van der Waals surface area contributed by atoms with Gasteiger partial charge in [-0.25, -0.2) is 4.79 Å². The number of nitrogens with zero attached hydrogens (tertiary/aromatic N) is 1. The quantitative estimate of drug-likeness (QED) is 0.475. The lowest BCUT2D eigenvalue weighted by Crippen LogP contribution is -2.47. The third-order valence-corrected chi connectivity index (χ3v) is 6.20. The lowest BCUT2D eigenvalue weighted by molar-refractivity contribution is 0.240. The third kappa shape index (κ3) is 4.22. The van der Waals surface area contributed by atoms with Gasteiger partial charge in [0.1, 0.15) is 0 Å². The Kier molecular flexibility index (Phi) is 5.99. The predicted octanol–water partition coefficient (Wildman–Crippen LogP) is 4.20. The Morgan fingerprint density at radius 1 is 1.21 bits per heavy atom. The molecule has 0 aliphatic carbocycles. The summed E-state index contributed by atoms with van der Waals surface area (Å²) >= 11 is 8.14. The van der Waals surface area contributed by atoms with Gasteiger partial charge in [-0.2, -0.15) is 0 Å². The second kappa shape index (κ2) is 8.82. The number of aromatic nitrogens is 1. The number of para-hydroxylation sites is 2. The molecule has 150 valence electrons. The number of benzene rings is 2. The van der Waals surface area contributed by atoms with E-state index in [0.717, 1.165) is 33.8 Å². The molecule has 0 saturated carbocycles. The van der Waals surface area contributed by atoms with Crippen molar-refractivity contribution in [1.82, 2.24) is 15.6 Å². The van der Waals surface area contributed by atoms with Crippen LogP contribution in [0.3, 0.4) is 0 Å². The minimum Gasteiger partial charge on any atom is -0.367 e. The van der Waals surface area contributed by atoms with E-state index < -0.39 is 0 Å². The van der Waals surface area contributed by atoms with Gasteiger partial charge in [0.2, 0.25) is 0 Å². The van der Waals surface area contributed by atoms with E-state index in [9.17, 15) is 4.79 Å². The summed E-state index contributed by atoms with van der Waals surface area (Å²) < 4.78 is 0. The van der Waals surface area contributed by atoms with Crippen molar-refractivity contribution in [3.8, 4) is 0 Å². The van der Waals surface area contributed by atoms with E-state index in [0.29, 0.717) is 18.1 Å². The number of H-pyrrole nitrogens is 1. The van der Waals surface area contributed by atoms with Crippen molar-refractivity contribution in [2.75, 3.05) is 11.4 Å². The van der Waals surface area contributed by atoms with E-state index in [1.165, 1.54) is 0 Å². The number of hydrogen-bond acceptors (Lipinski definition) is 4. The predicted molar refractivity (Wildman–Crippen MR) is 119 cm³/mol. The average molecular weight is 428 g/mol. The number of carbonyl (C=O) groups excluding carboxylic acids is 1. The van der Waals surface area contributed by atoms with Crippen LogP contribution in [0, 0.1) is 0 Å². The molecule has 2 aromatic carbocycles. The second-order valence-electron chi connectivity index (χ2n) is 6.63. The van der Waals surface area contributed by atoms with Gasteiger partial charge in [-0.3, -0.25) is 0 Å². The van der Waals surface area contributed by atoms with Crippen molar-refractivity contribution in [3.05, 3.63) is 77.1 Å². The maximum atomic E-state index is 12.6. The number of nitrogens with one attached hydrogen (secondary N) is 3. The van der Waals surface area contributed by atoms with Gasteiger partial charge in [0.15, 0.2) is 5.50 Å². The highest BCUT2D eigenvalue weighted by Gasteiger charge is 2.34. The molecule has 1 aliphatic heterocycles. The molecule has 1 aliphatic rings. The summed E-state index contributed by atoms with van der Waals surface area (Å²) in [5.74, 6) is 0. The van der Waals surface area contributed by atoms with Crippen LogP contribution in [-0.4, -0.2) is 23.1 Å². The zero-order valence-corrected chi connectivity index (χ0v) is 17.3. The lowest BCUT2D eigenvalue weighted by atomic mass is 10.1. The first-order valence-electron chi connectivity index (χ1n) is 9.36. The van der Waals surface area contributed by atoms with Crippen molar-refractivity contribution in [2.24, 2.45) is 5.73 Å². The van der Waals surface area contributed by atoms with Crippen LogP contribution in [0.2, 0.25) is 5.02 Å². The summed E-state index contributed by atoms with van der Waals surface area (Å²) in [6.45, 7) is 0.906. The highest BCUT2D eigenvalue weighted by Crippen LogP contribution is 2.49. The number of rotatable bonds is 6. The van der Waals surface area contributed by atoms with Crippen molar-refractivity contribution in [3.63, 3.8) is 0 Å². The molecular weight excluding hydrogens is 406 g/mol. The van der Waals surface area contributed by atoms with E-state index in [1.807, 2.05) is 60.9 Å². The summed E-state index contributed by atoms with van der Waals surface area (Å²) in [4.78, 5) is 18.7. The number of nitrogens with two attached hydrogens (primary N) is 1. The van der Waals surface area contributed by atoms with E-state index in [1.54, 1.807) is 11.8 Å². The number of anilines is 2. The van der Waals surface area contributed by atoms with Gasteiger partial charge in [-0.05, 0) is 41.8 Å². The highest BCUT2D eigenvalue weighted by atomic mass is 35.5. The molecule has 2 amide bonds. The maximum Gasteiger partial charge on any atom is 0.317 e. The monoisotopic (exact) mass is 427 g/mol. The molecule has 5 N–H and O–H groups in total. The van der Waals surface area contributed by atoms with Crippen LogP contribution >= 0.6 is 23.4 Å². The molecule has 0 bridgehead atoms. The molecular formula is C21H22ClN5OS. The molecule has 0 fully saturated rings. The van der Waals surface area contributed by atoms with Crippen molar-refractivity contribution in [1.29, 1.82) is 0 Å². The molecule has 1 atom stereocenters. The minimum atomic E-state index is -0.329. The number of halogens is 1. The zero-order valence-electron chi connectivity index (χ0n) is 15.7. The third-order valence-electron chi connectivity index (χ3n) is 4.75. The fraction of sp³-hybridized carbons (Fsp3) is 0.190. The second-order valence-corrected chi connectivity index (χ2v) is 8.16. The van der Waals surface area contributed by atoms with Gasteiger partial charge in [0.05, 0.1) is 16.4 Å². The van der Waals surface area contributed by atoms with E-state index >= 15 is 0 Å². The molecule has 1 unspecified atom stereocenters. The summed E-state index contributed by atoms with van der Waals surface area (Å²) in [6.07, 6.45) is 4.56. The molecule has 1 aromatic heterocycles. The Hall–Kier alpha value is -2.61. The number of thioether (sulfide) groups is 1. The lowest BCUT2D eigenvalue weighted by Gasteiger charge is -2.30. The van der Waals surface area contributed by atoms with Crippen LogP contribution in [0.25, 0.3) is 0 Å². The first-order chi connectivity index (χ1) is 14.2. The standard InChI is InChI=1S/C21H22ClN5OS/c22-16-5-3-4-15(12-23)19(16)27-17-6-1-2-7-18(17)29-21(27)26-20(28)25-11-9-14-8-10-24-13-14/h1-8,10,13,21,24H,9,11-12,23H2,(H2,25,26,28). The van der Waals surface area contributed by atoms with E-state index in [-0.39, 0.29) is 11.5 Å². The van der Waals surface area contributed by atoms with Crippen LogP contribution in [0.1, 0.15) is 11.1 Å². The van der Waals surface area contributed by atoms with Crippen molar-refractivity contribution >= 4 is 40.8 Å². The largest absolute Gasteiger partial charge is 0.367 e. The topological polar surface area (TPSA) is 86.2 Å². The van der Waals surface area contributed by atoms with E-state index in [4.69, 9.17) is 17.3 Å². The van der Waals surface area contributed by atoms with Crippen molar-refractivity contribution in [2.45, 2.75) is 23.4 Å². The smallest absolute Gasteiger partial charge is 0.317 e. The van der Waals surface area contributed by atoms with Crippen LogP contribution in [0.15, 0.2) is 65.8 Å². The fourth-order valence-corrected chi connectivity index (χ4v) is 4.84. The molecule has 6 nitrogen and oxygen atoms in total. The van der Waals surface area contributed by atoms with Gasteiger partial charge in [-0.1, -0.05) is 47.6 Å². The van der Waals surface area contributed by atoms with Crippen LogP contribution in [-0.2, 0) is 13.0 Å². The average Bonchev–Trinajstić information content (AvgIpc) is 3.35. The Balaban J connectivity index is 1.54. The molecule has 8 heteroatoms. The van der Waals surface area contributed by atoms with Crippen LogP contribution < -0.4 is 21.3 Å². The number of aromatic amines is 1. The molecule has 2 heterocycles. The SMILES string of the molecule is NCc1cccc(Cl)c1N1c2ccccc2SC1NC(=O)NCCc1cc[nH]c1. The molecule has 4 rings (SSSR count). The fourth-order valence-electron chi connectivity index (χ4n) is 3.38. The number of fused-ring (bicyclic) bond motifs is 1. The normalized spacial score (nSPS) is 15.2. The Morgan fingerprint density at radius 3 is 2.86 bits per heavy atom. The Bertz CT molecular complexity index is 994. The van der Waals surface area contributed by atoms with Crippen LogP contribution in [0.4, 0.5) is 16.2 Å². The molecule has 29 heavy (non-hydrogen) atoms. The first-order valence-corrected chi connectivity index (χ1v) is 10.6. The number of urea groups is 1. The zero-order chi connectivity index (χ0) is 20.2. The van der Waals surface area contributed by atoms with Crippen LogP contribution in [0.5, 0.6) is 0 Å². The number of amides is 2. The first kappa shape index (κ1) is 19.7. The van der Waals surface area contributed by atoms with Crippen molar-refractivity contribution < 1.29 is 4.79 Å². The summed E-state index contributed by atoms with van der Waals surface area (Å²) in [6, 6.07) is 15.5. The molecule has 0 radical (unpaired) electrons. The number of carbonyl (C=O) groups is 1. The molecule has 0 spiro atoms. The van der Waals surface area contributed by atoms with Gasteiger partial charge < -0.3 is 26.3 Å². The summed E-state index contributed by atoms with van der Waals surface area (Å²) in [5, 5.41) is 6.59. The summed E-state index contributed by atoms with van der Waals surface area (Å²) in [7, 11) is 0. The Morgan fingerprint density at radius 2 is 2.07 bits per heavy atom. The molecule has 0 saturated heterocycles. The maximum absolute atomic E-state index is 12.6. The Labute approximate surface area is 178 Å². The van der Waals surface area contributed by atoms with Gasteiger partial charge in [-0.15, -0.1) is 0 Å². The van der Waals surface area contributed by atoms with Gasteiger partial charge in [0.25, 0.3) is 0 Å². The summed E-state index contributed by atoms with van der Waals surface area (Å²) in [5.41, 5.74) is 9.54.